The molecule has 0 aliphatic carbocycles. The monoisotopic (exact) mass is 432 g/mol. The first-order valence-electron chi connectivity index (χ1n) is 11.1. The second kappa shape index (κ2) is 10.4. The third kappa shape index (κ3) is 5.44. The van der Waals surface area contributed by atoms with Crippen molar-refractivity contribution in [3.8, 4) is 0 Å². The van der Waals surface area contributed by atoms with Gasteiger partial charge in [0.05, 0.1) is 26.4 Å². The van der Waals surface area contributed by atoms with E-state index in [2.05, 4.69) is 36.4 Å². The first-order valence-corrected chi connectivity index (χ1v) is 11.1. The van der Waals surface area contributed by atoms with Crippen LogP contribution in [0.4, 0.5) is 0 Å². The summed E-state index contributed by atoms with van der Waals surface area (Å²) in [6.07, 6.45) is -1.14. The largest absolute Gasteiger partial charge is 0.374 e. The molecule has 5 nitrogen and oxygen atoms in total. The molecule has 2 saturated heterocycles. The fraction of sp³-hybridized carbons (Fsp3) is 0.333. The Hall–Kier alpha value is -2.54. The number of ether oxygens (including phenoxy) is 5. The second-order valence-corrected chi connectivity index (χ2v) is 8.17. The summed E-state index contributed by atoms with van der Waals surface area (Å²) in [4.78, 5) is 0. The molecule has 0 N–H and O–H groups in total. The lowest BCUT2D eigenvalue weighted by molar-refractivity contribution is -0.192. The van der Waals surface area contributed by atoms with Crippen molar-refractivity contribution in [2.45, 2.75) is 50.5 Å². The molecular weight excluding hydrogens is 404 g/mol. The van der Waals surface area contributed by atoms with Gasteiger partial charge in [-0.05, 0) is 16.7 Å². The Labute approximate surface area is 188 Å². The van der Waals surface area contributed by atoms with Crippen molar-refractivity contribution >= 4 is 0 Å². The fourth-order valence-electron chi connectivity index (χ4n) is 4.03. The molecule has 2 aliphatic rings. The molecule has 0 amide bonds. The van der Waals surface area contributed by atoms with Crippen molar-refractivity contribution in [1.82, 2.24) is 0 Å². The van der Waals surface area contributed by atoms with Gasteiger partial charge in [-0.1, -0.05) is 91.0 Å². The molecule has 2 aliphatic heterocycles. The molecular formula is C27H28O5. The van der Waals surface area contributed by atoms with Gasteiger partial charge in [-0.3, -0.25) is 0 Å². The third-order valence-electron chi connectivity index (χ3n) is 5.77. The van der Waals surface area contributed by atoms with Crippen LogP contribution in [0, 0.1) is 0 Å². The average Bonchev–Trinajstić information content (AvgIpc) is 3.63. The van der Waals surface area contributed by atoms with Crippen molar-refractivity contribution < 1.29 is 23.7 Å². The first-order chi connectivity index (χ1) is 15.9. The summed E-state index contributed by atoms with van der Waals surface area (Å²) in [5.41, 5.74) is 3.36. The molecule has 166 valence electrons. The van der Waals surface area contributed by atoms with E-state index in [4.69, 9.17) is 23.7 Å². The van der Waals surface area contributed by atoms with E-state index in [1.807, 2.05) is 54.6 Å². The van der Waals surface area contributed by atoms with Crippen molar-refractivity contribution in [1.29, 1.82) is 0 Å². The van der Waals surface area contributed by atoms with Crippen molar-refractivity contribution in [2.75, 3.05) is 6.61 Å². The highest BCUT2D eigenvalue weighted by Crippen LogP contribution is 2.39. The summed E-state index contributed by atoms with van der Waals surface area (Å²) in [6, 6.07) is 30.4. The van der Waals surface area contributed by atoms with E-state index in [0.717, 1.165) is 16.7 Å². The third-order valence-corrected chi connectivity index (χ3v) is 5.77. The van der Waals surface area contributed by atoms with Gasteiger partial charge >= 0.3 is 0 Å². The maximum atomic E-state index is 6.37. The van der Waals surface area contributed by atoms with Crippen molar-refractivity contribution in [2.24, 2.45) is 0 Å². The summed E-state index contributed by atoms with van der Waals surface area (Å²) >= 11 is 0. The zero-order valence-corrected chi connectivity index (χ0v) is 17.9. The highest BCUT2D eigenvalue weighted by Gasteiger charge is 2.58. The highest BCUT2D eigenvalue weighted by atomic mass is 16.8. The molecule has 5 atom stereocenters. The summed E-state index contributed by atoms with van der Waals surface area (Å²) in [7, 11) is 0. The Balaban J connectivity index is 1.26. The van der Waals surface area contributed by atoms with Crippen LogP contribution in [0.2, 0.25) is 0 Å². The molecule has 5 rings (SSSR count). The van der Waals surface area contributed by atoms with Gasteiger partial charge in [-0.25, -0.2) is 0 Å². The van der Waals surface area contributed by atoms with Crippen LogP contribution in [0.1, 0.15) is 16.7 Å². The Morgan fingerprint density at radius 2 is 1.06 bits per heavy atom. The predicted molar refractivity (Wildman–Crippen MR) is 120 cm³/mol. The lowest BCUT2D eigenvalue weighted by atomic mass is 10.0. The summed E-state index contributed by atoms with van der Waals surface area (Å²) in [6.45, 7) is 1.91. The predicted octanol–water partition coefficient (Wildman–Crippen LogP) is 4.50. The summed E-state index contributed by atoms with van der Waals surface area (Å²) in [5.74, 6) is 0. The zero-order chi connectivity index (χ0) is 21.6. The Bertz CT molecular complexity index is 950. The normalized spacial score (nSPS) is 26.4. The molecule has 2 heterocycles. The van der Waals surface area contributed by atoms with Crippen LogP contribution < -0.4 is 0 Å². The molecule has 0 aromatic heterocycles. The van der Waals surface area contributed by atoms with Gasteiger partial charge in [0.2, 0.25) is 0 Å². The van der Waals surface area contributed by atoms with E-state index in [1.165, 1.54) is 0 Å². The smallest absolute Gasteiger partial charge is 0.187 e. The number of hydrogen-bond acceptors (Lipinski definition) is 5. The van der Waals surface area contributed by atoms with E-state index in [9.17, 15) is 0 Å². The van der Waals surface area contributed by atoms with Crippen molar-refractivity contribution in [3.63, 3.8) is 0 Å². The standard InChI is InChI=1S/C27H28O5/c1-4-10-20(11-5-1)16-28-19-23-24(29-17-21-12-6-2-7-13-21)25(26-27(31-23)32-26)30-18-22-14-8-3-9-15-22/h1-15,23-27H,16-19H2/t23-,24-,25+,26+,27+/m1/s1. The van der Waals surface area contributed by atoms with Gasteiger partial charge in [-0.2, -0.15) is 0 Å². The van der Waals surface area contributed by atoms with E-state index < -0.39 is 0 Å². The quantitative estimate of drug-likeness (QED) is 0.442. The van der Waals surface area contributed by atoms with Gasteiger partial charge in [0, 0.05) is 0 Å². The van der Waals surface area contributed by atoms with Crippen LogP contribution in [-0.2, 0) is 43.5 Å². The van der Waals surface area contributed by atoms with Crippen LogP contribution >= 0.6 is 0 Å². The number of benzene rings is 3. The lowest BCUT2D eigenvalue weighted by Gasteiger charge is -2.35. The summed E-state index contributed by atoms with van der Waals surface area (Å²) < 4.78 is 30.6. The number of rotatable bonds is 10. The lowest BCUT2D eigenvalue weighted by Crippen LogP contribution is -2.52. The Kier molecular flexibility index (Phi) is 6.92. The average molecular weight is 433 g/mol. The van der Waals surface area contributed by atoms with E-state index >= 15 is 0 Å². The molecule has 0 bridgehead atoms. The Morgan fingerprint density at radius 1 is 0.562 bits per heavy atom. The number of hydrogen-bond donors (Lipinski definition) is 0. The molecule has 3 aromatic carbocycles. The van der Waals surface area contributed by atoms with E-state index in [1.54, 1.807) is 0 Å². The van der Waals surface area contributed by atoms with Crippen LogP contribution in [-0.4, -0.2) is 37.3 Å². The molecule has 2 fully saturated rings. The van der Waals surface area contributed by atoms with Crippen molar-refractivity contribution in [3.05, 3.63) is 108 Å². The maximum absolute atomic E-state index is 6.37. The highest BCUT2D eigenvalue weighted by molar-refractivity contribution is 5.15. The zero-order valence-electron chi connectivity index (χ0n) is 17.9. The second-order valence-electron chi connectivity index (χ2n) is 8.17. The SMILES string of the molecule is c1ccc(COC[C@H]2O[C@H]3O[C@H]3[C@@H](OCc3ccccc3)[C@@H]2OCc2ccccc2)cc1. The van der Waals surface area contributed by atoms with Gasteiger partial charge in [0.25, 0.3) is 0 Å². The van der Waals surface area contributed by atoms with E-state index in [-0.39, 0.29) is 30.7 Å². The van der Waals surface area contributed by atoms with E-state index in [0.29, 0.717) is 26.4 Å². The topological polar surface area (TPSA) is 49.5 Å². The van der Waals surface area contributed by atoms with Crippen LogP contribution in [0.15, 0.2) is 91.0 Å². The maximum Gasteiger partial charge on any atom is 0.187 e. The van der Waals surface area contributed by atoms with Crippen LogP contribution in [0.3, 0.4) is 0 Å². The summed E-state index contributed by atoms with van der Waals surface area (Å²) in [5, 5.41) is 0. The molecule has 0 unspecified atom stereocenters. The number of fused-ring (bicyclic) bond motifs is 1. The Morgan fingerprint density at radius 3 is 1.62 bits per heavy atom. The fourth-order valence-corrected chi connectivity index (χ4v) is 4.03. The molecule has 5 heteroatoms. The molecule has 3 aromatic rings. The first kappa shape index (κ1) is 21.3. The van der Waals surface area contributed by atoms with Gasteiger partial charge < -0.3 is 23.7 Å². The minimum Gasteiger partial charge on any atom is -0.374 e. The number of epoxide rings is 1. The molecule has 32 heavy (non-hydrogen) atoms. The van der Waals surface area contributed by atoms with Gasteiger partial charge in [0.15, 0.2) is 6.29 Å². The molecule has 0 radical (unpaired) electrons. The van der Waals surface area contributed by atoms with Gasteiger partial charge in [-0.15, -0.1) is 0 Å². The van der Waals surface area contributed by atoms with Gasteiger partial charge in [0.1, 0.15) is 24.4 Å². The van der Waals surface area contributed by atoms with Crippen LogP contribution in [0.5, 0.6) is 0 Å². The van der Waals surface area contributed by atoms with Crippen LogP contribution in [0.25, 0.3) is 0 Å². The molecule has 0 saturated carbocycles. The molecule has 0 spiro atoms. The minimum atomic E-state index is -0.293. The minimum absolute atomic E-state index is 0.107.